The third-order valence-electron chi connectivity index (χ3n) is 4.72. The molecule has 0 bridgehead atoms. The van der Waals surface area contributed by atoms with Gasteiger partial charge in [0.05, 0.1) is 5.69 Å². The number of carbonyl (C=O) groups excluding carboxylic acids is 3. The number of para-hydroxylation sites is 1. The molecule has 0 radical (unpaired) electrons. The van der Waals surface area contributed by atoms with Crippen molar-refractivity contribution in [3.63, 3.8) is 0 Å². The molecule has 1 aromatic carbocycles. The molecule has 0 spiro atoms. The molecule has 1 saturated heterocycles. The summed E-state index contributed by atoms with van der Waals surface area (Å²) in [4.78, 5) is 40.8. The van der Waals surface area contributed by atoms with E-state index in [9.17, 15) is 14.4 Å². The van der Waals surface area contributed by atoms with Gasteiger partial charge in [0, 0.05) is 33.1 Å². The molecule has 0 aromatic heterocycles. The van der Waals surface area contributed by atoms with Crippen LogP contribution in [-0.4, -0.2) is 60.7 Å². The zero-order valence-corrected chi connectivity index (χ0v) is 15.3. The van der Waals surface area contributed by atoms with Gasteiger partial charge >= 0.3 is 0 Å². The molecule has 0 unspecified atom stereocenters. The zero-order chi connectivity index (χ0) is 18.4. The minimum Gasteiger partial charge on any atom is -0.342 e. The summed E-state index contributed by atoms with van der Waals surface area (Å²) in [5.74, 6) is -0.204. The van der Waals surface area contributed by atoms with Crippen molar-refractivity contribution >= 4 is 23.9 Å². The number of rotatable bonds is 6. The van der Waals surface area contributed by atoms with Crippen LogP contribution in [0.1, 0.15) is 31.9 Å². The minimum atomic E-state index is -0.129. The first-order chi connectivity index (χ1) is 12.0. The van der Waals surface area contributed by atoms with Crippen LogP contribution in [-0.2, 0) is 27.2 Å². The Morgan fingerprint density at radius 3 is 2.08 bits per heavy atom. The Bertz CT molecular complexity index is 615. The molecule has 0 saturated carbocycles. The summed E-state index contributed by atoms with van der Waals surface area (Å²) >= 11 is 0. The number of carbonyl (C=O) groups is 3. The van der Waals surface area contributed by atoms with Gasteiger partial charge in [0.1, 0.15) is 6.54 Å². The minimum absolute atomic E-state index is 0.0421. The summed E-state index contributed by atoms with van der Waals surface area (Å²) < 4.78 is 0. The van der Waals surface area contributed by atoms with Gasteiger partial charge in [-0.3, -0.25) is 14.4 Å². The van der Waals surface area contributed by atoms with Crippen LogP contribution in [0.5, 0.6) is 0 Å². The van der Waals surface area contributed by atoms with Crippen molar-refractivity contribution in [2.75, 3.05) is 37.6 Å². The van der Waals surface area contributed by atoms with Crippen LogP contribution >= 0.6 is 0 Å². The Labute approximate surface area is 149 Å². The van der Waals surface area contributed by atoms with Crippen LogP contribution in [0.2, 0.25) is 0 Å². The summed E-state index contributed by atoms with van der Waals surface area (Å²) in [6.45, 7) is 7.76. The van der Waals surface area contributed by atoms with Gasteiger partial charge in [0.25, 0.3) is 0 Å². The molecule has 6 nitrogen and oxygen atoms in total. The maximum atomic E-state index is 12.7. The van der Waals surface area contributed by atoms with Crippen molar-refractivity contribution in [1.29, 1.82) is 0 Å². The van der Waals surface area contributed by atoms with E-state index in [4.69, 9.17) is 0 Å². The lowest BCUT2D eigenvalue weighted by Gasteiger charge is -2.34. The number of hydrogen-bond donors (Lipinski definition) is 0. The summed E-state index contributed by atoms with van der Waals surface area (Å²) in [6, 6.07) is 6.02. The lowest BCUT2D eigenvalue weighted by Crippen LogP contribution is -2.51. The Hall–Kier alpha value is -2.37. The second-order valence-corrected chi connectivity index (χ2v) is 6.26. The summed E-state index contributed by atoms with van der Waals surface area (Å²) in [5, 5.41) is 0. The zero-order valence-electron chi connectivity index (χ0n) is 15.3. The molecule has 136 valence electrons. The number of aryl methyl sites for hydroxylation is 2. The van der Waals surface area contributed by atoms with E-state index in [1.165, 1.54) is 6.92 Å². The molecule has 0 aliphatic carbocycles. The first-order valence-corrected chi connectivity index (χ1v) is 8.87. The predicted octanol–water partition coefficient (Wildman–Crippen LogP) is 1.46. The molecule has 25 heavy (non-hydrogen) atoms. The van der Waals surface area contributed by atoms with Crippen molar-refractivity contribution in [2.24, 2.45) is 0 Å². The van der Waals surface area contributed by atoms with Crippen molar-refractivity contribution in [3.8, 4) is 0 Å². The van der Waals surface area contributed by atoms with Crippen LogP contribution in [0, 0.1) is 0 Å². The van der Waals surface area contributed by atoms with Crippen molar-refractivity contribution < 1.29 is 14.4 Å². The fraction of sp³-hybridized carbons (Fsp3) is 0.526. The highest BCUT2D eigenvalue weighted by atomic mass is 16.2. The Morgan fingerprint density at radius 1 is 1.08 bits per heavy atom. The summed E-state index contributed by atoms with van der Waals surface area (Å²) in [6.07, 6.45) is 2.42. The van der Waals surface area contributed by atoms with Gasteiger partial charge in [-0.05, 0) is 24.0 Å². The molecule has 1 fully saturated rings. The SMILES string of the molecule is CCc1cccc(CC)c1N(CC(=O)N1CCN(C=O)CC1)C(C)=O. The highest BCUT2D eigenvalue weighted by molar-refractivity contribution is 5.98. The second kappa shape index (κ2) is 8.65. The average Bonchev–Trinajstić information content (AvgIpc) is 2.65. The van der Waals surface area contributed by atoms with Crippen molar-refractivity contribution in [2.45, 2.75) is 33.6 Å². The third-order valence-corrected chi connectivity index (χ3v) is 4.72. The first kappa shape index (κ1) is 19.0. The largest absolute Gasteiger partial charge is 0.342 e. The van der Waals surface area contributed by atoms with E-state index < -0.39 is 0 Å². The summed E-state index contributed by atoms with van der Waals surface area (Å²) in [7, 11) is 0. The van der Waals surface area contributed by atoms with Crippen LogP contribution in [0.4, 0.5) is 5.69 Å². The van der Waals surface area contributed by atoms with E-state index >= 15 is 0 Å². The van der Waals surface area contributed by atoms with E-state index in [1.54, 1.807) is 14.7 Å². The molecular formula is C19H27N3O3. The Morgan fingerprint density at radius 2 is 1.64 bits per heavy atom. The third kappa shape index (κ3) is 4.38. The monoisotopic (exact) mass is 345 g/mol. The average molecular weight is 345 g/mol. The van der Waals surface area contributed by atoms with E-state index in [-0.39, 0.29) is 18.4 Å². The topological polar surface area (TPSA) is 60.9 Å². The Balaban J connectivity index is 2.21. The summed E-state index contributed by atoms with van der Waals surface area (Å²) in [5.41, 5.74) is 3.03. The molecule has 0 N–H and O–H groups in total. The Kier molecular flexibility index (Phi) is 6.56. The molecular weight excluding hydrogens is 318 g/mol. The smallest absolute Gasteiger partial charge is 0.242 e. The number of piperazine rings is 1. The van der Waals surface area contributed by atoms with E-state index in [0.29, 0.717) is 26.2 Å². The number of hydrogen-bond acceptors (Lipinski definition) is 3. The lowest BCUT2D eigenvalue weighted by atomic mass is 10.0. The fourth-order valence-corrected chi connectivity index (χ4v) is 3.22. The predicted molar refractivity (Wildman–Crippen MR) is 97.4 cm³/mol. The lowest BCUT2D eigenvalue weighted by molar-refractivity contribution is -0.134. The van der Waals surface area contributed by atoms with Gasteiger partial charge in [0.15, 0.2) is 0 Å². The van der Waals surface area contributed by atoms with Crippen LogP contribution in [0.15, 0.2) is 18.2 Å². The molecule has 2 rings (SSSR count). The van der Waals surface area contributed by atoms with Gasteiger partial charge in [-0.2, -0.15) is 0 Å². The quantitative estimate of drug-likeness (QED) is 0.734. The van der Waals surface area contributed by atoms with Gasteiger partial charge < -0.3 is 14.7 Å². The highest BCUT2D eigenvalue weighted by Gasteiger charge is 2.25. The molecule has 1 aliphatic rings. The van der Waals surface area contributed by atoms with E-state index in [0.717, 1.165) is 36.1 Å². The highest BCUT2D eigenvalue weighted by Crippen LogP contribution is 2.27. The fourth-order valence-electron chi connectivity index (χ4n) is 3.22. The van der Waals surface area contributed by atoms with Gasteiger partial charge in [-0.15, -0.1) is 0 Å². The van der Waals surface area contributed by atoms with E-state index in [1.807, 2.05) is 18.2 Å². The van der Waals surface area contributed by atoms with Crippen LogP contribution < -0.4 is 4.90 Å². The van der Waals surface area contributed by atoms with Crippen LogP contribution in [0.3, 0.4) is 0 Å². The molecule has 1 heterocycles. The van der Waals surface area contributed by atoms with Crippen LogP contribution in [0.25, 0.3) is 0 Å². The number of anilines is 1. The number of benzene rings is 1. The molecule has 0 atom stereocenters. The molecule has 6 heteroatoms. The standard InChI is InChI=1S/C19H27N3O3/c1-4-16-7-6-8-17(5-2)19(16)22(15(3)24)13-18(25)21-11-9-20(14-23)10-12-21/h6-8,14H,4-5,9-13H2,1-3H3. The normalized spacial score (nSPS) is 14.4. The molecule has 1 aromatic rings. The number of amides is 3. The van der Waals surface area contributed by atoms with Gasteiger partial charge in [0.2, 0.25) is 18.2 Å². The molecule has 1 aliphatic heterocycles. The van der Waals surface area contributed by atoms with Gasteiger partial charge in [-0.25, -0.2) is 0 Å². The van der Waals surface area contributed by atoms with Gasteiger partial charge in [-0.1, -0.05) is 32.0 Å². The maximum absolute atomic E-state index is 12.7. The van der Waals surface area contributed by atoms with Crippen molar-refractivity contribution in [3.05, 3.63) is 29.3 Å². The van der Waals surface area contributed by atoms with E-state index in [2.05, 4.69) is 13.8 Å². The first-order valence-electron chi connectivity index (χ1n) is 8.87. The second-order valence-electron chi connectivity index (χ2n) is 6.26. The maximum Gasteiger partial charge on any atom is 0.242 e. The molecule has 3 amide bonds. The van der Waals surface area contributed by atoms with Crippen molar-refractivity contribution in [1.82, 2.24) is 9.80 Å². The number of nitrogens with zero attached hydrogens (tertiary/aromatic N) is 3.